The molecule has 5 nitrogen and oxygen atoms in total. The second-order valence-electron chi connectivity index (χ2n) is 5.69. The molecule has 6 heteroatoms. The third kappa shape index (κ3) is 2.10. The number of aryl methyl sites for hydroxylation is 2. The zero-order chi connectivity index (χ0) is 13.6. The van der Waals surface area contributed by atoms with E-state index in [1.807, 2.05) is 18.4 Å². The summed E-state index contributed by atoms with van der Waals surface area (Å²) in [6.45, 7) is 5.96. The van der Waals surface area contributed by atoms with Crippen molar-refractivity contribution in [2.24, 2.45) is 11.8 Å². The Morgan fingerprint density at radius 3 is 2.47 bits per heavy atom. The van der Waals surface area contributed by atoms with E-state index >= 15 is 0 Å². The molecule has 1 aromatic heterocycles. The van der Waals surface area contributed by atoms with Crippen molar-refractivity contribution < 1.29 is 8.42 Å². The number of imidazole rings is 1. The van der Waals surface area contributed by atoms with Crippen LogP contribution in [0, 0.1) is 18.8 Å². The average molecular weight is 283 g/mol. The van der Waals surface area contributed by atoms with Gasteiger partial charge in [-0.25, -0.2) is 13.4 Å². The third-order valence-electron chi connectivity index (χ3n) is 4.59. The van der Waals surface area contributed by atoms with Crippen LogP contribution in [0.5, 0.6) is 0 Å². The van der Waals surface area contributed by atoms with Crippen molar-refractivity contribution in [3.63, 3.8) is 0 Å². The minimum absolute atomic E-state index is 0.215. The van der Waals surface area contributed by atoms with Crippen LogP contribution in [0.1, 0.15) is 32.0 Å². The Morgan fingerprint density at radius 2 is 1.95 bits per heavy atom. The van der Waals surface area contributed by atoms with Crippen molar-refractivity contribution in [2.45, 2.75) is 44.7 Å². The molecule has 2 atom stereocenters. The lowest BCUT2D eigenvalue weighted by atomic mass is 10.0. The number of nitrogens with zero attached hydrogens (tertiary/aromatic N) is 3. The van der Waals surface area contributed by atoms with Crippen LogP contribution in [0.25, 0.3) is 0 Å². The second kappa shape index (κ2) is 4.59. The van der Waals surface area contributed by atoms with E-state index in [0.29, 0.717) is 24.9 Å². The molecule has 106 valence electrons. The molecule has 1 saturated carbocycles. The first kappa shape index (κ1) is 13.1. The van der Waals surface area contributed by atoms with Gasteiger partial charge >= 0.3 is 0 Å². The predicted molar refractivity (Wildman–Crippen MR) is 72.2 cm³/mol. The summed E-state index contributed by atoms with van der Waals surface area (Å²) in [5, 5.41) is 0.215. The molecular formula is C13H21N3O2S. The molecule has 1 saturated heterocycles. The monoisotopic (exact) mass is 283 g/mol. The van der Waals surface area contributed by atoms with Crippen molar-refractivity contribution in [1.82, 2.24) is 13.9 Å². The van der Waals surface area contributed by atoms with Gasteiger partial charge in [0.2, 0.25) is 0 Å². The normalized spacial score (nSPS) is 27.9. The van der Waals surface area contributed by atoms with Gasteiger partial charge < -0.3 is 4.57 Å². The molecule has 2 fully saturated rings. The fraction of sp³-hybridized carbons (Fsp3) is 0.769. The molecule has 0 radical (unpaired) electrons. The summed E-state index contributed by atoms with van der Waals surface area (Å²) < 4.78 is 28.7. The minimum Gasteiger partial charge on any atom is -0.334 e. The van der Waals surface area contributed by atoms with E-state index in [2.05, 4.69) is 4.98 Å². The molecule has 0 spiro atoms. The van der Waals surface area contributed by atoms with E-state index in [0.717, 1.165) is 12.4 Å². The lowest BCUT2D eigenvalue weighted by Gasteiger charge is -2.15. The van der Waals surface area contributed by atoms with Crippen LogP contribution >= 0.6 is 0 Å². The second-order valence-corrected chi connectivity index (χ2v) is 7.57. The van der Waals surface area contributed by atoms with Gasteiger partial charge in [0, 0.05) is 25.8 Å². The molecule has 0 amide bonds. The molecule has 3 rings (SSSR count). The Balaban J connectivity index is 1.86. The molecule has 0 aromatic carbocycles. The van der Waals surface area contributed by atoms with Crippen LogP contribution in [-0.2, 0) is 16.6 Å². The number of fused-ring (bicyclic) bond motifs is 1. The Bertz CT molecular complexity index is 567. The smallest absolute Gasteiger partial charge is 0.262 e. The molecule has 0 bridgehead atoms. The van der Waals surface area contributed by atoms with E-state index in [1.165, 1.54) is 19.3 Å². The number of hydrogen-bond donors (Lipinski definition) is 0. The third-order valence-corrected chi connectivity index (χ3v) is 6.29. The first-order valence-corrected chi connectivity index (χ1v) is 8.50. The van der Waals surface area contributed by atoms with Gasteiger partial charge in [0.25, 0.3) is 10.0 Å². The van der Waals surface area contributed by atoms with E-state index in [-0.39, 0.29) is 5.03 Å². The van der Waals surface area contributed by atoms with Crippen LogP contribution in [-0.4, -0.2) is 35.4 Å². The predicted octanol–water partition coefficient (Wildman–Crippen LogP) is 1.63. The fourth-order valence-corrected chi connectivity index (χ4v) is 4.99. The van der Waals surface area contributed by atoms with Gasteiger partial charge in [0.05, 0.1) is 0 Å². The Hall–Kier alpha value is -0.880. The molecule has 2 aliphatic rings. The summed E-state index contributed by atoms with van der Waals surface area (Å²) in [5.74, 6) is 1.91. The quantitative estimate of drug-likeness (QED) is 0.847. The summed E-state index contributed by atoms with van der Waals surface area (Å²) in [7, 11) is -3.39. The standard InChI is InChI=1S/C13H21N3O2S/c1-3-15-9-13(14-10(15)2)19(17,18)16-7-11-5-4-6-12(11)8-16/h9,11-12H,3-8H2,1-2H3. The molecule has 2 unspecified atom stereocenters. The zero-order valence-electron chi connectivity index (χ0n) is 11.5. The molecule has 1 aromatic rings. The van der Waals surface area contributed by atoms with Gasteiger partial charge in [-0.3, -0.25) is 0 Å². The van der Waals surface area contributed by atoms with Crippen molar-refractivity contribution in [1.29, 1.82) is 0 Å². The number of rotatable bonds is 3. The molecule has 0 N–H and O–H groups in total. The largest absolute Gasteiger partial charge is 0.334 e. The van der Waals surface area contributed by atoms with Gasteiger partial charge in [-0.1, -0.05) is 6.42 Å². The number of sulfonamides is 1. The first-order valence-electron chi connectivity index (χ1n) is 7.06. The van der Waals surface area contributed by atoms with Gasteiger partial charge in [0.1, 0.15) is 5.82 Å². The number of hydrogen-bond acceptors (Lipinski definition) is 3. The van der Waals surface area contributed by atoms with Gasteiger partial charge in [-0.15, -0.1) is 0 Å². The van der Waals surface area contributed by atoms with Crippen LogP contribution in [0.3, 0.4) is 0 Å². The maximum Gasteiger partial charge on any atom is 0.262 e. The maximum atomic E-state index is 12.6. The average Bonchev–Trinajstić information content (AvgIpc) is 3.00. The molecule has 19 heavy (non-hydrogen) atoms. The summed E-state index contributed by atoms with van der Waals surface area (Å²) in [6.07, 6.45) is 5.28. The minimum atomic E-state index is -3.39. The van der Waals surface area contributed by atoms with Gasteiger partial charge in [-0.05, 0) is 38.5 Å². The summed E-state index contributed by atoms with van der Waals surface area (Å²) in [5.41, 5.74) is 0. The van der Waals surface area contributed by atoms with Crippen LogP contribution in [0.4, 0.5) is 0 Å². The topological polar surface area (TPSA) is 55.2 Å². The zero-order valence-corrected chi connectivity index (χ0v) is 12.4. The van der Waals surface area contributed by atoms with E-state index < -0.39 is 10.0 Å². The highest BCUT2D eigenvalue weighted by Gasteiger charge is 2.42. The SMILES string of the molecule is CCn1cc(S(=O)(=O)N2CC3CCCC3C2)nc1C. The fourth-order valence-electron chi connectivity index (χ4n) is 3.44. The van der Waals surface area contributed by atoms with E-state index in [4.69, 9.17) is 0 Å². The van der Waals surface area contributed by atoms with Crippen LogP contribution < -0.4 is 0 Å². The Labute approximate surface area is 114 Å². The highest BCUT2D eigenvalue weighted by atomic mass is 32.2. The lowest BCUT2D eigenvalue weighted by molar-refractivity contribution is 0.443. The van der Waals surface area contributed by atoms with Crippen LogP contribution in [0.15, 0.2) is 11.2 Å². The van der Waals surface area contributed by atoms with Crippen molar-refractivity contribution in [3.8, 4) is 0 Å². The Morgan fingerprint density at radius 1 is 1.32 bits per heavy atom. The Kier molecular flexibility index (Phi) is 3.17. The first-order chi connectivity index (χ1) is 9.02. The van der Waals surface area contributed by atoms with Crippen molar-refractivity contribution in [2.75, 3.05) is 13.1 Å². The molecule has 2 heterocycles. The van der Waals surface area contributed by atoms with Crippen LogP contribution in [0.2, 0.25) is 0 Å². The molecule has 1 aliphatic carbocycles. The molecular weight excluding hydrogens is 262 g/mol. The summed E-state index contributed by atoms with van der Waals surface area (Å²) in [6, 6.07) is 0. The maximum absolute atomic E-state index is 12.6. The highest BCUT2D eigenvalue weighted by molar-refractivity contribution is 7.89. The number of aromatic nitrogens is 2. The molecule has 1 aliphatic heterocycles. The highest BCUT2D eigenvalue weighted by Crippen LogP contribution is 2.39. The summed E-state index contributed by atoms with van der Waals surface area (Å²) >= 11 is 0. The van der Waals surface area contributed by atoms with Crippen molar-refractivity contribution >= 4 is 10.0 Å². The summed E-state index contributed by atoms with van der Waals surface area (Å²) in [4.78, 5) is 4.22. The van der Waals surface area contributed by atoms with Crippen molar-refractivity contribution in [3.05, 3.63) is 12.0 Å². The van der Waals surface area contributed by atoms with E-state index in [9.17, 15) is 8.42 Å². The van der Waals surface area contributed by atoms with E-state index in [1.54, 1.807) is 10.5 Å². The van der Waals surface area contributed by atoms with Gasteiger partial charge in [0.15, 0.2) is 5.03 Å². The lowest BCUT2D eigenvalue weighted by Crippen LogP contribution is -2.30. The van der Waals surface area contributed by atoms with Gasteiger partial charge in [-0.2, -0.15) is 4.31 Å².